The van der Waals surface area contributed by atoms with E-state index < -0.39 is 10.1 Å². The van der Waals surface area contributed by atoms with Gasteiger partial charge in [0.1, 0.15) is 0 Å². The molecule has 0 unspecified atom stereocenters. The smallest absolute Gasteiger partial charge is 0.264 e. The van der Waals surface area contributed by atoms with Gasteiger partial charge in [0.2, 0.25) is 0 Å². The third kappa shape index (κ3) is 23.9. The summed E-state index contributed by atoms with van der Waals surface area (Å²) in [5.41, 5.74) is 0. The molecule has 0 fully saturated rings. The first-order valence-electron chi connectivity index (χ1n) is 5.51. The second-order valence-electron chi connectivity index (χ2n) is 5.91. The van der Waals surface area contributed by atoms with Gasteiger partial charge in [0.25, 0.3) is 10.1 Å². The van der Waals surface area contributed by atoms with Crippen molar-refractivity contribution < 1.29 is 13.0 Å². The Morgan fingerprint density at radius 2 is 1.31 bits per heavy atom. The van der Waals surface area contributed by atoms with Crippen LogP contribution in [0.3, 0.4) is 0 Å². The largest absolute Gasteiger partial charge is 0.286 e. The fraction of sp³-hybridized carbons (Fsp3) is 1.00. The first-order chi connectivity index (χ1) is 6.77. The molecule has 0 aromatic rings. The Bertz CT molecular complexity index is 259. The topological polar surface area (TPSA) is 54.4 Å². The lowest BCUT2D eigenvalue weighted by molar-refractivity contribution is 0.482. The van der Waals surface area contributed by atoms with Crippen molar-refractivity contribution in [2.75, 3.05) is 5.75 Å². The molecule has 0 aliphatic carbocycles. The average molecular weight is 270 g/mol. The van der Waals surface area contributed by atoms with Crippen molar-refractivity contribution in [1.82, 2.24) is 0 Å². The highest BCUT2D eigenvalue weighted by molar-refractivity contribution is 7.85. The van der Waals surface area contributed by atoms with E-state index in [1.165, 1.54) is 0 Å². The second kappa shape index (κ2) is 6.93. The van der Waals surface area contributed by atoms with Gasteiger partial charge in [0.05, 0.1) is 5.75 Å². The van der Waals surface area contributed by atoms with E-state index in [1.54, 1.807) is 6.92 Å². The highest BCUT2D eigenvalue weighted by Crippen LogP contribution is 2.41. The van der Waals surface area contributed by atoms with Crippen LogP contribution >= 0.6 is 8.58 Å². The van der Waals surface area contributed by atoms with Crippen LogP contribution in [-0.4, -0.2) is 29.0 Å². The summed E-state index contributed by atoms with van der Waals surface area (Å²) in [4.78, 5) is 0. The van der Waals surface area contributed by atoms with Crippen LogP contribution in [0.25, 0.3) is 0 Å². The summed E-state index contributed by atoms with van der Waals surface area (Å²) in [5, 5.41) is 1.02. The van der Waals surface area contributed by atoms with Crippen molar-refractivity contribution in [3.63, 3.8) is 0 Å². The molecule has 0 rings (SSSR count). The van der Waals surface area contributed by atoms with Gasteiger partial charge >= 0.3 is 0 Å². The zero-order valence-corrected chi connectivity index (χ0v) is 13.4. The summed E-state index contributed by atoms with van der Waals surface area (Å²) in [7, 11) is -2.62. The summed E-state index contributed by atoms with van der Waals surface area (Å²) in [6, 6.07) is 0. The third-order valence-corrected chi connectivity index (χ3v) is 3.64. The van der Waals surface area contributed by atoms with Crippen molar-refractivity contribution in [2.45, 2.75) is 65.2 Å². The molecule has 0 aliphatic rings. The normalized spacial score (nSPS) is 13.0. The Balaban J connectivity index is 0. The van der Waals surface area contributed by atoms with Crippen LogP contribution in [0.4, 0.5) is 0 Å². The third-order valence-electron chi connectivity index (χ3n) is 1.21. The molecule has 0 radical (unpaired) electrons. The molecule has 0 aromatic heterocycles. The van der Waals surface area contributed by atoms with Crippen LogP contribution in [-0.2, 0) is 10.1 Å². The molecular formula is C11H27O3PS. The Hall–Kier alpha value is 0.340. The Kier molecular flexibility index (Phi) is 8.10. The van der Waals surface area contributed by atoms with Gasteiger partial charge in [0, 0.05) is 0 Å². The Morgan fingerprint density at radius 1 is 1.00 bits per heavy atom. The van der Waals surface area contributed by atoms with Gasteiger partial charge in [-0.3, -0.25) is 4.55 Å². The van der Waals surface area contributed by atoms with Gasteiger partial charge in [-0.15, -0.1) is 8.58 Å². The van der Waals surface area contributed by atoms with Crippen LogP contribution in [0, 0.1) is 0 Å². The zero-order chi connectivity index (χ0) is 13.6. The quantitative estimate of drug-likeness (QED) is 0.616. The highest BCUT2D eigenvalue weighted by atomic mass is 32.2. The van der Waals surface area contributed by atoms with Crippen molar-refractivity contribution >= 4 is 18.7 Å². The van der Waals surface area contributed by atoms with Crippen LogP contribution in [0.1, 0.15) is 54.9 Å². The van der Waals surface area contributed by atoms with Crippen LogP contribution in [0.15, 0.2) is 0 Å². The van der Waals surface area contributed by atoms with Gasteiger partial charge in [-0.2, -0.15) is 8.42 Å². The predicted octanol–water partition coefficient (Wildman–Crippen LogP) is 3.55. The minimum Gasteiger partial charge on any atom is -0.286 e. The van der Waals surface area contributed by atoms with E-state index in [-0.39, 0.29) is 5.75 Å². The van der Waals surface area contributed by atoms with E-state index in [9.17, 15) is 8.42 Å². The van der Waals surface area contributed by atoms with Crippen molar-refractivity contribution in [3.05, 3.63) is 0 Å². The summed E-state index contributed by atoms with van der Waals surface area (Å²) in [6.45, 7) is 15.5. The molecule has 0 saturated heterocycles. The molecule has 0 bridgehead atoms. The van der Waals surface area contributed by atoms with Crippen LogP contribution in [0.2, 0.25) is 0 Å². The van der Waals surface area contributed by atoms with Gasteiger partial charge in [0.15, 0.2) is 0 Å². The standard InChI is InChI=1S/C8H19P.C3H8O3S/c1-7(2,3)9-8(4,5)6;1-2-3-7(4,5)6/h9H,1-6H3;2-3H2,1H3,(H,4,5,6). The fourth-order valence-electron chi connectivity index (χ4n) is 1.38. The Morgan fingerprint density at radius 3 is 1.31 bits per heavy atom. The maximum Gasteiger partial charge on any atom is 0.264 e. The number of hydrogen-bond acceptors (Lipinski definition) is 2. The lowest BCUT2D eigenvalue weighted by Gasteiger charge is -2.28. The lowest BCUT2D eigenvalue weighted by atomic mass is 10.2. The Labute approximate surface area is 103 Å². The number of hydrogen-bond donors (Lipinski definition) is 1. The van der Waals surface area contributed by atoms with E-state index in [0.717, 1.165) is 8.58 Å². The van der Waals surface area contributed by atoms with E-state index in [4.69, 9.17) is 4.55 Å². The minimum absolute atomic E-state index is 0.132. The van der Waals surface area contributed by atoms with Crippen LogP contribution < -0.4 is 0 Å². The van der Waals surface area contributed by atoms with Crippen molar-refractivity contribution in [2.24, 2.45) is 0 Å². The minimum atomic E-state index is -3.67. The summed E-state index contributed by atoms with van der Waals surface area (Å²) in [6.07, 6.45) is 0.471. The van der Waals surface area contributed by atoms with E-state index >= 15 is 0 Å². The van der Waals surface area contributed by atoms with Gasteiger partial charge in [-0.05, 0) is 16.7 Å². The number of rotatable bonds is 2. The maximum absolute atomic E-state index is 9.79. The van der Waals surface area contributed by atoms with E-state index in [2.05, 4.69) is 41.5 Å². The monoisotopic (exact) mass is 270 g/mol. The summed E-state index contributed by atoms with van der Waals surface area (Å²) >= 11 is 0. The van der Waals surface area contributed by atoms with Crippen molar-refractivity contribution in [1.29, 1.82) is 0 Å². The highest BCUT2D eigenvalue weighted by Gasteiger charge is 2.19. The zero-order valence-electron chi connectivity index (χ0n) is 11.6. The molecule has 0 aromatic carbocycles. The average Bonchev–Trinajstić information content (AvgIpc) is 1.73. The molecule has 100 valence electrons. The first-order valence-corrected chi connectivity index (χ1v) is 8.12. The summed E-state index contributed by atoms with van der Waals surface area (Å²) in [5.74, 6) is -0.132. The molecule has 0 saturated carbocycles. The molecule has 5 heteroatoms. The molecule has 3 nitrogen and oxygen atoms in total. The lowest BCUT2D eigenvalue weighted by Crippen LogP contribution is -2.16. The maximum atomic E-state index is 9.79. The first kappa shape index (κ1) is 18.7. The van der Waals surface area contributed by atoms with Crippen LogP contribution in [0.5, 0.6) is 0 Å². The van der Waals surface area contributed by atoms with Gasteiger partial charge < -0.3 is 0 Å². The van der Waals surface area contributed by atoms with E-state index in [1.807, 2.05) is 0 Å². The second-order valence-corrected chi connectivity index (χ2v) is 10.7. The van der Waals surface area contributed by atoms with E-state index in [0.29, 0.717) is 16.7 Å². The molecule has 16 heavy (non-hydrogen) atoms. The van der Waals surface area contributed by atoms with Crippen molar-refractivity contribution in [3.8, 4) is 0 Å². The molecule has 1 N–H and O–H groups in total. The molecule has 0 amide bonds. The fourth-order valence-corrected chi connectivity index (χ4v) is 4.15. The molecule has 0 aliphatic heterocycles. The van der Waals surface area contributed by atoms with Gasteiger partial charge in [-0.25, -0.2) is 0 Å². The van der Waals surface area contributed by atoms with Gasteiger partial charge in [-0.1, -0.05) is 48.5 Å². The molecule has 0 spiro atoms. The molecule has 0 atom stereocenters. The predicted molar refractivity (Wildman–Crippen MR) is 74.5 cm³/mol. The molecular weight excluding hydrogens is 243 g/mol. The summed E-state index contributed by atoms with van der Waals surface area (Å²) < 4.78 is 27.6. The molecule has 0 heterocycles. The SMILES string of the molecule is CC(C)(C)PC(C)(C)C.CCCS(=O)(=O)O.